The number of benzene rings is 1. The quantitative estimate of drug-likeness (QED) is 0.678. The van der Waals surface area contributed by atoms with Gasteiger partial charge in [0.25, 0.3) is 5.91 Å². The number of piperidine rings is 1. The Hall–Kier alpha value is -3.16. The van der Waals surface area contributed by atoms with E-state index in [0.29, 0.717) is 19.5 Å². The van der Waals surface area contributed by atoms with Crippen LogP contribution in [0.4, 0.5) is 8.78 Å². The molecule has 2 aromatic heterocycles. The van der Waals surface area contributed by atoms with Gasteiger partial charge in [-0.2, -0.15) is 0 Å². The van der Waals surface area contributed by atoms with Gasteiger partial charge in [-0.25, -0.2) is 13.8 Å². The Morgan fingerprint density at radius 1 is 1.17 bits per heavy atom. The van der Waals surface area contributed by atoms with E-state index in [2.05, 4.69) is 15.0 Å². The lowest BCUT2D eigenvalue weighted by Gasteiger charge is -2.33. The van der Waals surface area contributed by atoms with E-state index in [9.17, 15) is 13.6 Å². The molecular formula is C21H21F2N5O. The van der Waals surface area contributed by atoms with Crippen LogP contribution in [0.2, 0.25) is 0 Å². The summed E-state index contributed by atoms with van der Waals surface area (Å²) in [6.07, 6.45) is 9.22. The van der Waals surface area contributed by atoms with Crippen LogP contribution in [0.1, 0.15) is 28.9 Å². The van der Waals surface area contributed by atoms with Crippen LogP contribution < -0.4 is 0 Å². The molecule has 0 aliphatic carbocycles. The molecule has 0 N–H and O–H groups in total. The van der Waals surface area contributed by atoms with Crippen molar-refractivity contribution in [3.8, 4) is 11.4 Å². The van der Waals surface area contributed by atoms with Crippen LogP contribution in [0.15, 0.2) is 43.1 Å². The second kappa shape index (κ2) is 8.06. The van der Waals surface area contributed by atoms with Gasteiger partial charge in [0.15, 0.2) is 0 Å². The monoisotopic (exact) mass is 397 g/mol. The lowest BCUT2D eigenvalue weighted by Crippen LogP contribution is -2.40. The van der Waals surface area contributed by atoms with Gasteiger partial charge in [-0.3, -0.25) is 14.8 Å². The molecule has 1 fully saturated rings. The molecule has 0 saturated carbocycles. The summed E-state index contributed by atoms with van der Waals surface area (Å²) >= 11 is 0. The maximum atomic E-state index is 13.5. The van der Waals surface area contributed by atoms with Gasteiger partial charge < -0.3 is 9.47 Å². The van der Waals surface area contributed by atoms with Gasteiger partial charge in [0, 0.05) is 44.2 Å². The molecule has 4 rings (SSSR count). The second-order valence-corrected chi connectivity index (χ2v) is 7.36. The van der Waals surface area contributed by atoms with Gasteiger partial charge in [-0.05, 0) is 37.3 Å². The predicted molar refractivity (Wildman–Crippen MR) is 103 cm³/mol. The van der Waals surface area contributed by atoms with E-state index in [0.717, 1.165) is 48.1 Å². The largest absolute Gasteiger partial charge is 0.338 e. The zero-order valence-electron chi connectivity index (χ0n) is 16.1. The summed E-state index contributed by atoms with van der Waals surface area (Å²) in [5.41, 5.74) is 2.56. The number of imidazole rings is 1. The average Bonchev–Trinajstić information content (AvgIpc) is 3.13. The molecule has 1 amide bonds. The van der Waals surface area contributed by atoms with Gasteiger partial charge in [0.05, 0.1) is 23.9 Å². The number of likely N-dealkylation sites (tertiary alicyclic amines) is 1. The Morgan fingerprint density at radius 2 is 1.93 bits per heavy atom. The summed E-state index contributed by atoms with van der Waals surface area (Å²) in [6.45, 7) is 1.08. The van der Waals surface area contributed by atoms with Gasteiger partial charge in [0.1, 0.15) is 17.3 Å². The highest BCUT2D eigenvalue weighted by atomic mass is 19.1. The Bertz CT molecular complexity index is 1020. The second-order valence-electron chi connectivity index (χ2n) is 7.36. The van der Waals surface area contributed by atoms with Crippen LogP contribution in [-0.2, 0) is 13.5 Å². The van der Waals surface area contributed by atoms with Crippen LogP contribution in [-0.4, -0.2) is 43.4 Å². The van der Waals surface area contributed by atoms with Crippen LogP contribution in [0, 0.1) is 17.6 Å². The maximum Gasteiger partial charge on any atom is 0.254 e. The SMILES string of the molecule is Cn1cncc1-c1nccnc1C[C@H]1CCCN(C(=O)c2cc(F)cc(F)c2)C1. The number of nitrogens with zero attached hydrogens (tertiary/aromatic N) is 5. The zero-order valence-corrected chi connectivity index (χ0v) is 16.1. The Morgan fingerprint density at radius 3 is 2.66 bits per heavy atom. The molecule has 1 aliphatic heterocycles. The highest BCUT2D eigenvalue weighted by molar-refractivity contribution is 5.94. The van der Waals surface area contributed by atoms with E-state index in [1.165, 1.54) is 0 Å². The van der Waals surface area contributed by atoms with Crippen molar-refractivity contribution in [1.29, 1.82) is 0 Å². The van der Waals surface area contributed by atoms with E-state index in [1.807, 2.05) is 11.6 Å². The summed E-state index contributed by atoms with van der Waals surface area (Å²) < 4.78 is 28.9. The van der Waals surface area contributed by atoms with E-state index < -0.39 is 11.6 Å². The molecule has 1 aliphatic rings. The fourth-order valence-corrected chi connectivity index (χ4v) is 3.87. The maximum absolute atomic E-state index is 13.5. The van der Waals surface area contributed by atoms with Crippen molar-refractivity contribution >= 4 is 5.91 Å². The molecule has 1 aromatic carbocycles. The molecular weight excluding hydrogens is 376 g/mol. The molecule has 150 valence electrons. The molecule has 3 aromatic rings. The van der Waals surface area contributed by atoms with Crippen LogP contribution >= 0.6 is 0 Å². The van der Waals surface area contributed by atoms with Gasteiger partial charge in [0.2, 0.25) is 0 Å². The summed E-state index contributed by atoms with van der Waals surface area (Å²) in [7, 11) is 1.90. The first-order valence-corrected chi connectivity index (χ1v) is 9.53. The molecule has 3 heterocycles. The number of aromatic nitrogens is 4. The number of amides is 1. The smallest absolute Gasteiger partial charge is 0.254 e. The minimum absolute atomic E-state index is 0.0400. The molecule has 0 unspecified atom stereocenters. The molecule has 29 heavy (non-hydrogen) atoms. The molecule has 1 saturated heterocycles. The van der Waals surface area contributed by atoms with E-state index >= 15 is 0 Å². The highest BCUT2D eigenvalue weighted by Gasteiger charge is 2.26. The Balaban J connectivity index is 1.51. The molecule has 8 heteroatoms. The summed E-state index contributed by atoms with van der Waals surface area (Å²) in [4.78, 5) is 27.6. The first-order chi connectivity index (χ1) is 14.0. The topological polar surface area (TPSA) is 63.9 Å². The minimum Gasteiger partial charge on any atom is -0.338 e. The van der Waals surface area contributed by atoms with Crippen molar-refractivity contribution < 1.29 is 13.6 Å². The first-order valence-electron chi connectivity index (χ1n) is 9.53. The number of rotatable bonds is 4. The van der Waals surface area contributed by atoms with E-state index in [1.54, 1.807) is 29.8 Å². The van der Waals surface area contributed by atoms with E-state index in [4.69, 9.17) is 0 Å². The third kappa shape index (κ3) is 4.16. The predicted octanol–water partition coefficient (Wildman–Crippen LogP) is 3.25. The minimum atomic E-state index is -0.748. The molecule has 1 atom stereocenters. The Kier molecular flexibility index (Phi) is 5.33. The van der Waals surface area contributed by atoms with Crippen molar-refractivity contribution in [1.82, 2.24) is 24.4 Å². The first kappa shape index (κ1) is 19.2. The van der Waals surface area contributed by atoms with Crippen LogP contribution in [0.3, 0.4) is 0 Å². The van der Waals surface area contributed by atoms with Gasteiger partial charge in [-0.15, -0.1) is 0 Å². The lowest BCUT2D eigenvalue weighted by molar-refractivity contribution is 0.0672. The number of hydrogen-bond acceptors (Lipinski definition) is 4. The number of aryl methyl sites for hydroxylation is 1. The fourth-order valence-electron chi connectivity index (χ4n) is 3.87. The molecule has 0 spiro atoms. The number of carbonyl (C=O) groups is 1. The summed E-state index contributed by atoms with van der Waals surface area (Å²) in [5.74, 6) is -1.65. The summed E-state index contributed by atoms with van der Waals surface area (Å²) in [5, 5.41) is 0. The standard InChI is InChI=1S/C21H21F2N5O/c1-27-13-24-11-19(27)20-18(25-4-5-26-20)7-14-3-2-6-28(12-14)21(29)15-8-16(22)10-17(23)9-15/h4-5,8-11,13-14H,2-3,6-7,12H2,1H3/t14-/m1/s1. The van der Waals surface area contributed by atoms with Crippen molar-refractivity contribution in [2.75, 3.05) is 13.1 Å². The average molecular weight is 397 g/mol. The normalized spacial score (nSPS) is 16.8. The summed E-state index contributed by atoms with van der Waals surface area (Å²) in [6, 6.07) is 2.93. The zero-order chi connectivity index (χ0) is 20.4. The Labute approximate surface area is 167 Å². The lowest BCUT2D eigenvalue weighted by atomic mass is 9.92. The van der Waals surface area contributed by atoms with Gasteiger partial charge in [-0.1, -0.05) is 0 Å². The van der Waals surface area contributed by atoms with E-state index in [-0.39, 0.29) is 17.4 Å². The van der Waals surface area contributed by atoms with Crippen LogP contribution in [0.5, 0.6) is 0 Å². The number of halogens is 2. The third-order valence-corrected chi connectivity index (χ3v) is 5.23. The van der Waals surface area contributed by atoms with Crippen molar-refractivity contribution in [3.63, 3.8) is 0 Å². The van der Waals surface area contributed by atoms with Gasteiger partial charge >= 0.3 is 0 Å². The van der Waals surface area contributed by atoms with Crippen LogP contribution in [0.25, 0.3) is 11.4 Å². The molecule has 0 radical (unpaired) electrons. The molecule has 6 nitrogen and oxygen atoms in total. The van der Waals surface area contributed by atoms with Crippen molar-refractivity contribution in [2.24, 2.45) is 13.0 Å². The van der Waals surface area contributed by atoms with Crippen molar-refractivity contribution in [3.05, 3.63) is 66.0 Å². The number of hydrogen-bond donors (Lipinski definition) is 0. The molecule has 0 bridgehead atoms. The fraction of sp³-hybridized carbons (Fsp3) is 0.333. The third-order valence-electron chi connectivity index (χ3n) is 5.23. The number of carbonyl (C=O) groups excluding carboxylic acids is 1. The highest BCUT2D eigenvalue weighted by Crippen LogP contribution is 2.26. The van der Waals surface area contributed by atoms with Crippen molar-refractivity contribution in [2.45, 2.75) is 19.3 Å².